The lowest BCUT2D eigenvalue weighted by atomic mass is 10.1. The molecule has 0 aliphatic carbocycles. The minimum Gasteiger partial charge on any atom is -0.399 e. The molecule has 0 heterocycles. The molecule has 0 aromatic heterocycles. The van der Waals surface area contributed by atoms with E-state index in [9.17, 15) is 4.79 Å². The Morgan fingerprint density at radius 2 is 2.13 bits per heavy atom. The van der Waals surface area contributed by atoms with Crippen molar-refractivity contribution >= 4 is 18.2 Å². The van der Waals surface area contributed by atoms with Crippen LogP contribution in [0.5, 0.6) is 0 Å². The average Bonchev–Trinajstić information content (AvgIpc) is 2.22. The molecule has 0 aliphatic rings. The van der Waals surface area contributed by atoms with Gasteiger partial charge in [-0.2, -0.15) is 0 Å². The largest absolute Gasteiger partial charge is 0.417 e. The van der Waals surface area contributed by atoms with Gasteiger partial charge in [-0.1, -0.05) is 12.1 Å². The van der Waals surface area contributed by atoms with E-state index < -0.39 is 6.09 Å². The first kappa shape index (κ1) is 11.2. The average molecular weight is 207 g/mol. The molecule has 0 saturated carbocycles. The summed E-state index contributed by atoms with van der Waals surface area (Å²) in [6.45, 7) is 0.600. The molecule has 0 fully saturated rings. The number of carbonyl (C=O) groups excluding carboxylic acids is 1. The van der Waals surface area contributed by atoms with Crippen molar-refractivity contribution in [2.45, 2.75) is 6.42 Å². The first-order chi connectivity index (χ1) is 7.26. The molecule has 15 heavy (non-hydrogen) atoms. The van der Waals surface area contributed by atoms with E-state index in [-0.39, 0.29) is 0 Å². The first-order valence-electron chi connectivity index (χ1n) is 4.52. The standard InChI is InChI=1S/C10H13N3O2/c11-6-5-8-1-3-9(4-2-8)13-10(14)15-7-12/h1-4,7,12H,5-6,11H2,(H,13,14). The molecule has 80 valence electrons. The van der Waals surface area contributed by atoms with E-state index in [0.29, 0.717) is 18.6 Å². The van der Waals surface area contributed by atoms with Crippen LogP contribution in [0.25, 0.3) is 0 Å². The maximum atomic E-state index is 10.9. The predicted octanol–water partition coefficient (Wildman–Crippen LogP) is 1.34. The van der Waals surface area contributed by atoms with E-state index in [2.05, 4.69) is 10.1 Å². The molecule has 4 N–H and O–H groups in total. The molecule has 1 aromatic rings. The number of rotatable bonds is 4. The fourth-order valence-corrected chi connectivity index (χ4v) is 1.12. The van der Waals surface area contributed by atoms with E-state index in [1.165, 1.54) is 0 Å². The van der Waals surface area contributed by atoms with Crippen LogP contribution in [0, 0.1) is 5.41 Å². The summed E-state index contributed by atoms with van der Waals surface area (Å²) in [7, 11) is 0. The lowest BCUT2D eigenvalue weighted by molar-refractivity contribution is 0.214. The number of carbonyl (C=O) groups is 1. The Balaban J connectivity index is 2.56. The Labute approximate surface area is 87.7 Å². The van der Waals surface area contributed by atoms with Gasteiger partial charge >= 0.3 is 6.09 Å². The third-order valence-electron chi connectivity index (χ3n) is 1.80. The SMILES string of the molecule is N=COC(=O)Nc1ccc(CCN)cc1. The van der Waals surface area contributed by atoms with Crippen LogP contribution in [0.15, 0.2) is 24.3 Å². The second-order valence-electron chi connectivity index (χ2n) is 2.88. The van der Waals surface area contributed by atoms with Crippen LogP contribution in [0.3, 0.4) is 0 Å². The number of nitrogens with two attached hydrogens (primary N) is 1. The van der Waals surface area contributed by atoms with Crippen LogP contribution in [0.4, 0.5) is 10.5 Å². The highest BCUT2D eigenvalue weighted by atomic mass is 16.5. The number of ether oxygens (including phenoxy) is 1. The Hall–Kier alpha value is -1.88. The maximum Gasteiger partial charge on any atom is 0.417 e. The minimum absolute atomic E-state index is 0.581. The summed E-state index contributed by atoms with van der Waals surface area (Å²) in [6, 6.07) is 7.28. The minimum atomic E-state index is -0.670. The number of anilines is 1. The normalized spacial score (nSPS) is 9.40. The second kappa shape index (κ2) is 5.77. The van der Waals surface area contributed by atoms with Crippen LogP contribution in [-0.4, -0.2) is 19.0 Å². The van der Waals surface area contributed by atoms with Gasteiger partial charge < -0.3 is 10.5 Å². The van der Waals surface area contributed by atoms with Crippen molar-refractivity contribution in [2.24, 2.45) is 5.73 Å². The van der Waals surface area contributed by atoms with E-state index >= 15 is 0 Å². The van der Waals surface area contributed by atoms with Crippen molar-refractivity contribution in [1.82, 2.24) is 0 Å². The van der Waals surface area contributed by atoms with Gasteiger partial charge in [0, 0.05) is 5.69 Å². The predicted molar refractivity (Wildman–Crippen MR) is 58.1 cm³/mol. The monoisotopic (exact) mass is 207 g/mol. The molecule has 1 rings (SSSR count). The quantitative estimate of drug-likeness (QED) is 0.514. The highest BCUT2D eigenvalue weighted by Gasteiger charge is 2.00. The van der Waals surface area contributed by atoms with Gasteiger partial charge in [-0.15, -0.1) is 0 Å². The highest BCUT2D eigenvalue weighted by molar-refractivity contribution is 5.88. The number of benzene rings is 1. The molecule has 0 bridgehead atoms. The first-order valence-corrected chi connectivity index (χ1v) is 4.52. The third kappa shape index (κ3) is 3.78. The van der Waals surface area contributed by atoms with Gasteiger partial charge in [-0.05, 0) is 30.7 Å². The van der Waals surface area contributed by atoms with Gasteiger partial charge in [-0.25, -0.2) is 4.79 Å². The summed E-state index contributed by atoms with van der Waals surface area (Å²) in [6.07, 6.45) is 0.722. The summed E-state index contributed by atoms with van der Waals surface area (Å²) < 4.78 is 4.30. The molecule has 0 aliphatic heterocycles. The molecule has 0 spiro atoms. The molecule has 0 saturated heterocycles. The molecule has 5 nitrogen and oxygen atoms in total. The van der Waals surface area contributed by atoms with Gasteiger partial charge in [0.1, 0.15) is 0 Å². The number of nitrogens with one attached hydrogen (secondary N) is 2. The van der Waals surface area contributed by atoms with Crippen molar-refractivity contribution in [3.8, 4) is 0 Å². The fourth-order valence-electron chi connectivity index (χ4n) is 1.12. The van der Waals surface area contributed by atoms with Gasteiger partial charge in [-0.3, -0.25) is 10.7 Å². The van der Waals surface area contributed by atoms with E-state index in [4.69, 9.17) is 11.1 Å². The number of hydrogen-bond donors (Lipinski definition) is 3. The zero-order valence-electron chi connectivity index (χ0n) is 8.19. The van der Waals surface area contributed by atoms with Crippen LogP contribution >= 0.6 is 0 Å². The lowest BCUT2D eigenvalue weighted by Crippen LogP contribution is -2.12. The second-order valence-corrected chi connectivity index (χ2v) is 2.88. The van der Waals surface area contributed by atoms with Gasteiger partial charge in [0.15, 0.2) is 6.40 Å². The van der Waals surface area contributed by atoms with Crippen molar-refractivity contribution in [2.75, 3.05) is 11.9 Å². The highest BCUT2D eigenvalue weighted by Crippen LogP contribution is 2.09. The molecule has 0 radical (unpaired) electrons. The summed E-state index contributed by atoms with van der Waals surface area (Å²) in [4.78, 5) is 10.9. The van der Waals surface area contributed by atoms with E-state index in [0.717, 1.165) is 12.0 Å². The molecular weight excluding hydrogens is 194 g/mol. The van der Waals surface area contributed by atoms with Crippen LogP contribution in [0.2, 0.25) is 0 Å². The Kier molecular flexibility index (Phi) is 4.30. The topological polar surface area (TPSA) is 88.2 Å². The Morgan fingerprint density at radius 3 is 2.67 bits per heavy atom. The third-order valence-corrected chi connectivity index (χ3v) is 1.80. The van der Waals surface area contributed by atoms with Crippen molar-refractivity contribution in [3.05, 3.63) is 29.8 Å². The Bertz CT molecular complexity index is 335. The molecule has 0 unspecified atom stereocenters. The summed E-state index contributed by atoms with van der Waals surface area (Å²) in [5.74, 6) is 0. The van der Waals surface area contributed by atoms with Crippen LogP contribution < -0.4 is 11.1 Å². The van der Waals surface area contributed by atoms with Crippen molar-refractivity contribution < 1.29 is 9.53 Å². The summed E-state index contributed by atoms with van der Waals surface area (Å²) in [5.41, 5.74) is 7.15. The van der Waals surface area contributed by atoms with Crippen molar-refractivity contribution in [1.29, 1.82) is 5.41 Å². The Morgan fingerprint density at radius 1 is 1.47 bits per heavy atom. The van der Waals surface area contributed by atoms with Gasteiger partial charge in [0.2, 0.25) is 0 Å². The fraction of sp³-hybridized carbons (Fsp3) is 0.200. The summed E-state index contributed by atoms with van der Waals surface area (Å²) in [5, 5.41) is 9.03. The van der Waals surface area contributed by atoms with Gasteiger partial charge in [0.25, 0.3) is 0 Å². The van der Waals surface area contributed by atoms with Crippen LogP contribution in [0.1, 0.15) is 5.56 Å². The molecule has 5 heteroatoms. The zero-order valence-corrected chi connectivity index (χ0v) is 8.19. The maximum absolute atomic E-state index is 10.9. The zero-order chi connectivity index (χ0) is 11.1. The van der Waals surface area contributed by atoms with Gasteiger partial charge in [0.05, 0.1) is 0 Å². The van der Waals surface area contributed by atoms with E-state index in [1.54, 1.807) is 12.1 Å². The van der Waals surface area contributed by atoms with Crippen LogP contribution in [-0.2, 0) is 11.2 Å². The number of amides is 1. The lowest BCUT2D eigenvalue weighted by Gasteiger charge is -2.04. The van der Waals surface area contributed by atoms with Crippen molar-refractivity contribution in [3.63, 3.8) is 0 Å². The molecular formula is C10H13N3O2. The molecule has 0 atom stereocenters. The number of hydrogen-bond acceptors (Lipinski definition) is 4. The smallest absolute Gasteiger partial charge is 0.399 e. The summed E-state index contributed by atoms with van der Waals surface area (Å²) >= 11 is 0. The molecule has 1 amide bonds. The van der Waals surface area contributed by atoms with E-state index in [1.807, 2.05) is 12.1 Å². The molecule has 1 aromatic carbocycles.